The molecule has 4 nitrogen and oxygen atoms in total. The van der Waals surface area contributed by atoms with Crippen LogP contribution in [0.2, 0.25) is 0 Å². The van der Waals surface area contributed by atoms with E-state index in [0.29, 0.717) is 0 Å². The average Bonchev–Trinajstić information content (AvgIpc) is 2.48. The third kappa shape index (κ3) is 3.02. The molecule has 0 amide bonds. The van der Waals surface area contributed by atoms with E-state index in [1.807, 2.05) is 37.4 Å². The van der Waals surface area contributed by atoms with Gasteiger partial charge in [-0.25, -0.2) is 0 Å². The minimum absolute atomic E-state index is 0.163. The van der Waals surface area contributed by atoms with Crippen molar-refractivity contribution in [3.8, 4) is 11.5 Å². The number of nitrogens with zero attached hydrogens (tertiary/aromatic N) is 1. The van der Waals surface area contributed by atoms with E-state index in [9.17, 15) is 0 Å². The molecule has 2 rings (SSSR count). The maximum atomic E-state index is 5.34. The minimum atomic E-state index is 0.163. The largest absolute Gasteiger partial charge is 0.493 e. The first-order valence-corrected chi connectivity index (χ1v) is 6.54. The summed E-state index contributed by atoms with van der Waals surface area (Å²) in [6, 6.07) is 8.09. The molecule has 0 aliphatic rings. The van der Waals surface area contributed by atoms with Crippen molar-refractivity contribution in [2.24, 2.45) is 0 Å². The zero-order valence-electron chi connectivity index (χ0n) is 12.3. The first kappa shape index (κ1) is 14.2. The Kier molecular flexibility index (Phi) is 4.45. The lowest BCUT2D eigenvalue weighted by Gasteiger charge is -2.18. The molecule has 0 saturated heterocycles. The van der Waals surface area contributed by atoms with Crippen LogP contribution >= 0.6 is 0 Å². The normalized spacial score (nSPS) is 11.8. The molecule has 1 N–H and O–H groups in total. The highest BCUT2D eigenvalue weighted by Crippen LogP contribution is 2.31. The second-order valence-corrected chi connectivity index (χ2v) is 4.67. The molecule has 1 aromatic heterocycles. The van der Waals surface area contributed by atoms with E-state index >= 15 is 0 Å². The van der Waals surface area contributed by atoms with Gasteiger partial charge in [-0.15, -0.1) is 0 Å². The molecule has 4 heteroatoms. The fraction of sp³-hybridized carbons (Fsp3) is 0.312. The van der Waals surface area contributed by atoms with E-state index in [4.69, 9.17) is 9.47 Å². The van der Waals surface area contributed by atoms with Crippen molar-refractivity contribution < 1.29 is 9.47 Å². The van der Waals surface area contributed by atoms with Crippen LogP contribution in [0.4, 0.5) is 5.69 Å². The molecule has 0 spiro atoms. The number of aromatic nitrogens is 1. The number of pyridine rings is 1. The van der Waals surface area contributed by atoms with Crippen LogP contribution in [-0.2, 0) is 0 Å². The number of hydrogen-bond acceptors (Lipinski definition) is 4. The molecule has 0 saturated carbocycles. The number of methoxy groups -OCH3 is 2. The number of ether oxygens (including phenoxy) is 2. The van der Waals surface area contributed by atoms with Crippen LogP contribution in [0.5, 0.6) is 11.5 Å². The van der Waals surface area contributed by atoms with Gasteiger partial charge >= 0.3 is 0 Å². The number of nitrogens with one attached hydrogen (secondary N) is 1. The van der Waals surface area contributed by atoms with Crippen molar-refractivity contribution in [1.82, 2.24) is 4.98 Å². The monoisotopic (exact) mass is 272 g/mol. The van der Waals surface area contributed by atoms with Crippen molar-refractivity contribution in [2.75, 3.05) is 19.5 Å². The molecule has 20 heavy (non-hydrogen) atoms. The predicted molar refractivity (Wildman–Crippen MR) is 80.6 cm³/mol. The van der Waals surface area contributed by atoms with E-state index in [0.717, 1.165) is 28.3 Å². The van der Waals surface area contributed by atoms with Gasteiger partial charge in [0.15, 0.2) is 11.5 Å². The number of anilines is 1. The van der Waals surface area contributed by atoms with E-state index in [-0.39, 0.29) is 6.04 Å². The summed E-state index contributed by atoms with van der Waals surface area (Å²) in [5, 5.41) is 3.48. The molecular formula is C16H20N2O2. The molecule has 0 fully saturated rings. The molecule has 2 aromatic rings. The van der Waals surface area contributed by atoms with Gasteiger partial charge in [0.2, 0.25) is 0 Å². The van der Waals surface area contributed by atoms with Gasteiger partial charge in [-0.1, -0.05) is 6.07 Å². The quantitative estimate of drug-likeness (QED) is 0.903. The Morgan fingerprint density at radius 3 is 2.50 bits per heavy atom. The van der Waals surface area contributed by atoms with Crippen molar-refractivity contribution in [3.05, 3.63) is 47.8 Å². The van der Waals surface area contributed by atoms with Crippen LogP contribution in [-0.4, -0.2) is 19.2 Å². The van der Waals surface area contributed by atoms with Crippen LogP contribution in [0.1, 0.15) is 24.1 Å². The summed E-state index contributed by atoms with van der Waals surface area (Å²) < 4.78 is 10.6. The predicted octanol–water partition coefficient (Wildman–Crippen LogP) is 3.58. The molecule has 0 aliphatic carbocycles. The number of rotatable bonds is 5. The Hall–Kier alpha value is -2.23. The van der Waals surface area contributed by atoms with Crippen molar-refractivity contribution in [3.63, 3.8) is 0 Å². The molecule has 1 heterocycles. The van der Waals surface area contributed by atoms with Crippen molar-refractivity contribution in [1.29, 1.82) is 0 Å². The van der Waals surface area contributed by atoms with Gasteiger partial charge < -0.3 is 14.8 Å². The molecule has 0 aliphatic heterocycles. The lowest BCUT2D eigenvalue weighted by atomic mass is 10.1. The zero-order valence-corrected chi connectivity index (χ0v) is 12.3. The number of aryl methyl sites for hydroxylation is 1. The van der Waals surface area contributed by atoms with Crippen molar-refractivity contribution >= 4 is 5.69 Å². The topological polar surface area (TPSA) is 43.4 Å². The third-order valence-electron chi connectivity index (χ3n) is 3.30. The van der Waals surface area contributed by atoms with Gasteiger partial charge in [0.1, 0.15) is 0 Å². The summed E-state index contributed by atoms with van der Waals surface area (Å²) in [6.07, 6.45) is 3.64. The molecule has 0 bridgehead atoms. The van der Waals surface area contributed by atoms with Gasteiger partial charge in [-0.3, -0.25) is 4.98 Å². The van der Waals surface area contributed by atoms with Crippen LogP contribution in [0.15, 0.2) is 36.7 Å². The highest BCUT2D eigenvalue weighted by Gasteiger charge is 2.10. The Morgan fingerprint density at radius 2 is 1.85 bits per heavy atom. The summed E-state index contributed by atoms with van der Waals surface area (Å²) in [6.45, 7) is 4.15. The maximum absolute atomic E-state index is 5.34. The molecule has 106 valence electrons. The summed E-state index contributed by atoms with van der Waals surface area (Å²) in [7, 11) is 3.28. The summed E-state index contributed by atoms with van der Waals surface area (Å²) >= 11 is 0. The fourth-order valence-corrected chi connectivity index (χ4v) is 2.07. The van der Waals surface area contributed by atoms with E-state index < -0.39 is 0 Å². The molecule has 1 atom stereocenters. The lowest BCUT2D eigenvalue weighted by molar-refractivity contribution is 0.354. The van der Waals surface area contributed by atoms with Crippen molar-refractivity contribution in [2.45, 2.75) is 19.9 Å². The van der Waals surface area contributed by atoms with E-state index in [1.165, 1.54) is 0 Å². The van der Waals surface area contributed by atoms with Crippen LogP contribution in [0.25, 0.3) is 0 Å². The van der Waals surface area contributed by atoms with Gasteiger partial charge in [0.25, 0.3) is 0 Å². The summed E-state index contributed by atoms with van der Waals surface area (Å²) in [5.74, 6) is 1.48. The SMILES string of the molecule is COc1ccc(C(C)Nc2ccncc2C)cc1OC. The van der Waals surface area contributed by atoms with E-state index in [2.05, 4.69) is 17.2 Å². The molecule has 1 aromatic carbocycles. The maximum Gasteiger partial charge on any atom is 0.161 e. The first-order valence-electron chi connectivity index (χ1n) is 6.54. The molecular weight excluding hydrogens is 252 g/mol. The highest BCUT2D eigenvalue weighted by atomic mass is 16.5. The Bertz CT molecular complexity index is 584. The second kappa shape index (κ2) is 6.28. The van der Waals surface area contributed by atoms with Crippen LogP contribution in [0.3, 0.4) is 0 Å². The molecule has 0 radical (unpaired) electrons. The zero-order chi connectivity index (χ0) is 14.5. The second-order valence-electron chi connectivity index (χ2n) is 4.67. The van der Waals surface area contributed by atoms with Gasteiger partial charge in [-0.2, -0.15) is 0 Å². The number of hydrogen-bond donors (Lipinski definition) is 1. The smallest absolute Gasteiger partial charge is 0.161 e. The van der Waals surface area contributed by atoms with Crippen LogP contribution in [0, 0.1) is 6.92 Å². The van der Waals surface area contributed by atoms with Crippen LogP contribution < -0.4 is 14.8 Å². The Labute approximate surface area is 119 Å². The molecule has 1 unspecified atom stereocenters. The van der Waals surface area contributed by atoms with Gasteiger partial charge in [-0.05, 0) is 43.2 Å². The lowest BCUT2D eigenvalue weighted by Crippen LogP contribution is -2.08. The average molecular weight is 272 g/mol. The standard InChI is InChI=1S/C16H20N2O2/c1-11-10-17-8-7-14(11)18-12(2)13-5-6-15(19-3)16(9-13)20-4/h5-10,12H,1-4H3,(H,17,18). The van der Waals surface area contributed by atoms with E-state index in [1.54, 1.807) is 20.4 Å². The summed E-state index contributed by atoms with van der Waals surface area (Å²) in [4.78, 5) is 4.10. The Balaban J connectivity index is 2.21. The van der Waals surface area contributed by atoms with Gasteiger partial charge in [0, 0.05) is 24.1 Å². The first-order chi connectivity index (χ1) is 9.65. The minimum Gasteiger partial charge on any atom is -0.493 e. The third-order valence-corrected chi connectivity index (χ3v) is 3.30. The van der Waals surface area contributed by atoms with Gasteiger partial charge in [0.05, 0.1) is 14.2 Å². The highest BCUT2D eigenvalue weighted by molar-refractivity contribution is 5.51. The fourth-order valence-electron chi connectivity index (χ4n) is 2.07. The number of benzene rings is 1. The summed E-state index contributed by atoms with van der Waals surface area (Å²) in [5.41, 5.74) is 3.35. The Morgan fingerprint density at radius 1 is 1.10 bits per heavy atom.